The van der Waals surface area contributed by atoms with E-state index in [1.165, 1.54) is 6.20 Å². The van der Waals surface area contributed by atoms with Crippen molar-refractivity contribution >= 4 is 29.1 Å². The van der Waals surface area contributed by atoms with Gasteiger partial charge in [-0.3, -0.25) is 9.78 Å². The third kappa shape index (κ3) is 3.06. The van der Waals surface area contributed by atoms with Crippen molar-refractivity contribution in [3.63, 3.8) is 0 Å². The lowest BCUT2D eigenvalue weighted by Crippen LogP contribution is -2.35. The second-order valence-corrected chi connectivity index (χ2v) is 6.85. The Kier molecular flexibility index (Phi) is 4.15. The predicted octanol–water partition coefficient (Wildman–Crippen LogP) is 2.53. The lowest BCUT2D eigenvalue weighted by molar-refractivity contribution is -0.117. The molecule has 0 radical (unpaired) electrons. The fraction of sp³-hybridized carbons (Fsp3) is 0.316. The van der Waals surface area contributed by atoms with E-state index >= 15 is 0 Å². The molecule has 0 bridgehead atoms. The van der Waals surface area contributed by atoms with Gasteiger partial charge in [0.1, 0.15) is 17.8 Å². The zero-order valence-electron chi connectivity index (χ0n) is 14.8. The molecule has 6 nitrogen and oxygen atoms in total. The highest BCUT2D eigenvalue weighted by atomic mass is 19.1. The zero-order chi connectivity index (χ0) is 19.3. The van der Waals surface area contributed by atoms with Crippen LogP contribution in [-0.4, -0.2) is 40.4 Å². The number of hydrogen-bond acceptors (Lipinski definition) is 5. The number of alkyl halides is 1. The summed E-state index contributed by atoms with van der Waals surface area (Å²) in [7, 11) is 1.68. The number of aromatic nitrogens is 2. The lowest BCUT2D eigenvalue weighted by atomic mass is 9.95. The van der Waals surface area contributed by atoms with Crippen molar-refractivity contribution in [2.75, 3.05) is 17.3 Å². The summed E-state index contributed by atoms with van der Waals surface area (Å²) in [5.74, 6) is -1.17. The number of amides is 1. The zero-order valence-corrected chi connectivity index (χ0v) is 14.8. The second-order valence-electron chi connectivity index (χ2n) is 6.85. The topological polar surface area (TPSA) is 78.4 Å². The first-order chi connectivity index (χ1) is 12.9. The van der Waals surface area contributed by atoms with Crippen molar-refractivity contribution in [1.29, 1.82) is 0 Å². The highest BCUT2D eigenvalue weighted by molar-refractivity contribution is 5.96. The number of hydrogen-bond donors (Lipinski definition) is 2. The standard InChI is InChI=1S/C19H18F2N4O2/c1-9-13(7-22-8-15(9)21)11-3-10-6-23-17(5-16(10)25(2)19(11)27)24-18(26)12-4-14(12)20/h3,5-8,12,14,19,27H,4H2,1-2H3,(H,23,24,26)/t12-,14+,19?/m1/s1. The summed E-state index contributed by atoms with van der Waals surface area (Å²) < 4.78 is 26.9. The van der Waals surface area contributed by atoms with Crippen LogP contribution in [-0.2, 0) is 4.79 Å². The SMILES string of the molecule is Cc1c(F)cncc1C1=Cc2cnc(NC(=O)[C@@H]3C[C@@H]3F)cc2N(C)C1O. The molecule has 1 amide bonds. The summed E-state index contributed by atoms with van der Waals surface area (Å²) in [5.41, 5.74) is 2.76. The lowest BCUT2D eigenvalue weighted by Gasteiger charge is -2.33. The predicted molar refractivity (Wildman–Crippen MR) is 97.1 cm³/mol. The first-order valence-electron chi connectivity index (χ1n) is 8.54. The first kappa shape index (κ1) is 17.5. The molecule has 2 N–H and O–H groups in total. The summed E-state index contributed by atoms with van der Waals surface area (Å²) in [6, 6.07) is 1.62. The van der Waals surface area contributed by atoms with Crippen LogP contribution in [0.25, 0.3) is 11.6 Å². The number of fused-ring (bicyclic) bond motifs is 1. The van der Waals surface area contributed by atoms with E-state index in [4.69, 9.17) is 0 Å². The van der Waals surface area contributed by atoms with Crippen molar-refractivity contribution in [3.05, 3.63) is 47.2 Å². The molecule has 8 heteroatoms. The Labute approximate surface area is 154 Å². The molecule has 0 aromatic carbocycles. The van der Waals surface area contributed by atoms with Gasteiger partial charge in [0.05, 0.1) is 17.8 Å². The van der Waals surface area contributed by atoms with Crippen LogP contribution in [0.1, 0.15) is 23.1 Å². The number of nitrogens with zero attached hydrogens (tertiary/aromatic N) is 3. The molecule has 0 saturated heterocycles. The molecule has 140 valence electrons. The first-order valence-corrected chi connectivity index (χ1v) is 8.54. The van der Waals surface area contributed by atoms with Gasteiger partial charge in [-0.15, -0.1) is 0 Å². The van der Waals surface area contributed by atoms with E-state index in [-0.39, 0.29) is 12.2 Å². The van der Waals surface area contributed by atoms with E-state index < -0.39 is 30.0 Å². The van der Waals surface area contributed by atoms with Gasteiger partial charge in [0, 0.05) is 42.2 Å². The summed E-state index contributed by atoms with van der Waals surface area (Å²) in [6.07, 6.45) is 4.05. The molecular formula is C19H18F2N4O2. The monoisotopic (exact) mass is 372 g/mol. The average molecular weight is 372 g/mol. The van der Waals surface area contributed by atoms with Crippen LogP contribution in [0.15, 0.2) is 24.7 Å². The van der Waals surface area contributed by atoms with Gasteiger partial charge < -0.3 is 15.3 Å². The molecule has 1 aliphatic heterocycles. The Balaban J connectivity index is 1.68. The highest BCUT2D eigenvalue weighted by Gasteiger charge is 2.43. The number of pyridine rings is 2. The minimum Gasteiger partial charge on any atom is -0.369 e. The molecule has 2 aliphatic rings. The molecule has 27 heavy (non-hydrogen) atoms. The molecule has 1 saturated carbocycles. The van der Waals surface area contributed by atoms with Crippen molar-refractivity contribution in [2.24, 2.45) is 5.92 Å². The smallest absolute Gasteiger partial charge is 0.231 e. The number of anilines is 2. The molecule has 1 fully saturated rings. The molecule has 1 unspecified atom stereocenters. The normalized spacial score (nSPS) is 23.5. The van der Waals surface area contributed by atoms with Gasteiger partial charge in [-0.25, -0.2) is 13.8 Å². The number of carbonyl (C=O) groups excluding carboxylic acids is 1. The van der Waals surface area contributed by atoms with E-state index in [9.17, 15) is 18.7 Å². The molecule has 3 heterocycles. The highest BCUT2D eigenvalue weighted by Crippen LogP contribution is 2.38. The van der Waals surface area contributed by atoms with Crippen LogP contribution in [0.2, 0.25) is 0 Å². The number of aliphatic hydroxyl groups excluding tert-OH is 1. The fourth-order valence-corrected chi connectivity index (χ4v) is 3.18. The average Bonchev–Trinajstić information content (AvgIpc) is 3.38. The fourth-order valence-electron chi connectivity index (χ4n) is 3.18. The molecule has 2 aromatic rings. The van der Waals surface area contributed by atoms with Gasteiger partial charge in [0.25, 0.3) is 0 Å². The Hall–Kier alpha value is -2.87. The molecule has 3 atom stereocenters. The van der Waals surface area contributed by atoms with Crippen LogP contribution >= 0.6 is 0 Å². The molecule has 1 aliphatic carbocycles. The third-order valence-electron chi connectivity index (χ3n) is 5.01. The van der Waals surface area contributed by atoms with Gasteiger partial charge in [0.15, 0.2) is 6.23 Å². The van der Waals surface area contributed by atoms with Gasteiger partial charge in [-0.05, 0) is 25.0 Å². The quantitative estimate of drug-likeness (QED) is 0.866. The maximum atomic E-state index is 13.9. The van der Waals surface area contributed by atoms with Crippen molar-refractivity contribution in [2.45, 2.75) is 25.7 Å². The van der Waals surface area contributed by atoms with E-state index in [1.807, 2.05) is 0 Å². The molecule has 0 spiro atoms. The van der Waals surface area contributed by atoms with Crippen molar-refractivity contribution < 1.29 is 18.7 Å². The largest absolute Gasteiger partial charge is 0.369 e. The Morgan fingerprint density at radius 3 is 2.81 bits per heavy atom. The summed E-state index contributed by atoms with van der Waals surface area (Å²) in [4.78, 5) is 21.6. The van der Waals surface area contributed by atoms with E-state index in [1.54, 1.807) is 37.2 Å². The van der Waals surface area contributed by atoms with Crippen molar-refractivity contribution in [3.8, 4) is 0 Å². The maximum Gasteiger partial charge on any atom is 0.231 e. The Morgan fingerprint density at radius 2 is 2.11 bits per heavy atom. The van der Waals surface area contributed by atoms with E-state index in [0.717, 1.165) is 6.20 Å². The van der Waals surface area contributed by atoms with Crippen LogP contribution in [0.3, 0.4) is 0 Å². The summed E-state index contributed by atoms with van der Waals surface area (Å²) >= 11 is 0. The number of halogens is 2. The van der Waals surface area contributed by atoms with Crippen LogP contribution in [0.4, 0.5) is 20.3 Å². The summed E-state index contributed by atoms with van der Waals surface area (Å²) in [6.45, 7) is 1.63. The Bertz CT molecular complexity index is 963. The minimum absolute atomic E-state index is 0.239. The van der Waals surface area contributed by atoms with Gasteiger partial charge >= 0.3 is 0 Å². The van der Waals surface area contributed by atoms with Crippen molar-refractivity contribution in [1.82, 2.24) is 9.97 Å². The van der Waals surface area contributed by atoms with Crippen LogP contribution < -0.4 is 10.2 Å². The third-order valence-corrected chi connectivity index (χ3v) is 5.01. The van der Waals surface area contributed by atoms with Gasteiger partial charge in [-0.2, -0.15) is 0 Å². The van der Waals surface area contributed by atoms with Gasteiger partial charge in [-0.1, -0.05) is 0 Å². The summed E-state index contributed by atoms with van der Waals surface area (Å²) in [5, 5.41) is 13.3. The maximum absolute atomic E-state index is 13.9. The second kappa shape index (κ2) is 6.38. The number of rotatable bonds is 3. The van der Waals surface area contributed by atoms with Gasteiger partial charge in [0.2, 0.25) is 5.91 Å². The molecule has 2 aromatic heterocycles. The molecular weight excluding hydrogens is 354 g/mol. The van der Waals surface area contributed by atoms with E-state index in [0.29, 0.717) is 28.0 Å². The van der Waals surface area contributed by atoms with Crippen LogP contribution in [0.5, 0.6) is 0 Å². The van der Waals surface area contributed by atoms with Crippen LogP contribution in [0, 0.1) is 18.7 Å². The number of aliphatic hydroxyl groups is 1. The minimum atomic E-state index is -1.08. The number of likely N-dealkylation sites (N-methyl/N-ethyl adjacent to an activating group) is 1. The number of carbonyl (C=O) groups is 1. The van der Waals surface area contributed by atoms with E-state index in [2.05, 4.69) is 15.3 Å². The number of nitrogens with one attached hydrogen (secondary N) is 1. The molecule has 4 rings (SSSR count). The Morgan fingerprint density at radius 1 is 1.37 bits per heavy atom.